The van der Waals surface area contributed by atoms with Crippen LogP contribution >= 0.6 is 38.9 Å². The molecule has 1 aromatic carbocycles. The van der Waals surface area contributed by atoms with Crippen molar-refractivity contribution in [3.63, 3.8) is 0 Å². The Balaban J connectivity index is 2.09. The van der Waals surface area contributed by atoms with E-state index >= 15 is 0 Å². The average molecular weight is 361 g/mol. The number of hydrogen-bond donors (Lipinski definition) is 1. The first-order valence-corrected chi connectivity index (χ1v) is 8.04. The summed E-state index contributed by atoms with van der Waals surface area (Å²) >= 11 is 11.0. The molecule has 1 N–H and O–H groups in total. The smallest absolute Gasteiger partial charge is 0.138 e. The van der Waals surface area contributed by atoms with E-state index in [1.807, 2.05) is 24.3 Å². The third-order valence-electron chi connectivity index (χ3n) is 2.60. The van der Waals surface area contributed by atoms with Crippen molar-refractivity contribution in [3.8, 4) is 5.75 Å². The molecule has 19 heavy (non-hydrogen) atoms. The largest absolute Gasteiger partial charge is 0.487 e. The summed E-state index contributed by atoms with van der Waals surface area (Å²) in [5.41, 5.74) is 1.15. The van der Waals surface area contributed by atoms with Gasteiger partial charge in [-0.25, -0.2) is 0 Å². The number of thiophene rings is 1. The molecule has 2 rings (SSSR count). The maximum absolute atomic E-state index is 5.93. The first-order valence-electron chi connectivity index (χ1n) is 6.06. The molecule has 1 aromatic heterocycles. The number of hydrogen-bond acceptors (Lipinski definition) is 3. The van der Waals surface area contributed by atoms with E-state index < -0.39 is 0 Å². The average Bonchev–Trinajstić information content (AvgIpc) is 2.81. The summed E-state index contributed by atoms with van der Waals surface area (Å²) in [5, 5.41) is 3.32. The van der Waals surface area contributed by atoms with E-state index in [1.165, 1.54) is 0 Å². The Bertz CT molecular complexity index is 544. The Morgan fingerprint density at radius 2 is 2.16 bits per heavy atom. The number of benzene rings is 1. The molecule has 0 fully saturated rings. The van der Waals surface area contributed by atoms with Gasteiger partial charge in [0.05, 0.1) is 8.81 Å². The molecule has 0 radical (unpaired) electrons. The topological polar surface area (TPSA) is 21.3 Å². The quantitative estimate of drug-likeness (QED) is 0.795. The van der Waals surface area contributed by atoms with Gasteiger partial charge in [-0.05, 0) is 40.7 Å². The van der Waals surface area contributed by atoms with Crippen molar-refractivity contribution in [2.24, 2.45) is 0 Å². The minimum atomic E-state index is 0.541. The number of ether oxygens (including phenoxy) is 1. The van der Waals surface area contributed by atoms with Crippen molar-refractivity contribution in [1.82, 2.24) is 5.32 Å². The lowest BCUT2D eigenvalue weighted by Crippen LogP contribution is -2.13. The van der Waals surface area contributed by atoms with Gasteiger partial charge in [0.15, 0.2) is 0 Å². The van der Waals surface area contributed by atoms with Gasteiger partial charge in [-0.1, -0.05) is 30.7 Å². The third kappa shape index (κ3) is 4.21. The second-order valence-electron chi connectivity index (χ2n) is 4.00. The van der Waals surface area contributed by atoms with Crippen molar-refractivity contribution in [2.75, 3.05) is 6.54 Å². The molecule has 0 unspecified atom stereocenters. The first kappa shape index (κ1) is 14.9. The summed E-state index contributed by atoms with van der Waals surface area (Å²) in [6.07, 6.45) is 0. The number of nitrogens with one attached hydrogen (secondary N) is 1. The summed E-state index contributed by atoms with van der Waals surface area (Å²) in [6.45, 7) is 4.37. The van der Waals surface area contributed by atoms with Crippen molar-refractivity contribution < 1.29 is 4.74 Å². The van der Waals surface area contributed by atoms with E-state index in [-0.39, 0.29) is 0 Å². The molecule has 0 spiro atoms. The van der Waals surface area contributed by atoms with Gasteiger partial charge in [-0.2, -0.15) is 0 Å². The lowest BCUT2D eigenvalue weighted by molar-refractivity contribution is 0.303. The van der Waals surface area contributed by atoms with Crippen molar-refractivity contribution in [2.45, 2.75) is 20.1 Å². The molecule has 0 aliphatic rings. The summed E-state index contributed by atoms with van der Waals surface area (Å²) < 4.78 is 7.70. The van der Waals surface area contributed by atoms with Crippen LogP contribution in [0.1, 0.15) is 17.4 Å². The van der Waals surface area contributed by atoms with Crippen LogP contribution in [0, 0.1) is 0 Å². The fourth-order valence-electron chi connectivity index (χ4n) is 1.69. The molecule has 2 aromatic rings. The first-order chi connectivity index (χ1) is 9.20. The predicted octanol–water partition coefficient (Wildman–Crippen LogP) is 4.85. The van der Waals surface area contributed by atoms with Crippen LogP contribution in [0.15, 0.2) is 34.8 Å². The van der Waals surface area contributed by atoms with Crippen molar-refractivity contribution >= 4 is 38.9 Å². The lowest BCUT2D eigenvalue weighted by atomic mass is 10.2. The van der Waals surface area contributed by atoms with Gasteiger partial charge in [0.2, 0.25) is 0 Å². The van der Waals surface area contributed by atoms with Crippen molar-refractivity contribution in [1.29, 1.82) is 0 Å². The van der Waals surface area contributed by atoms with Crippen LogP contribution < -0.4 is 10.1 Å². The Morgan fingerprint density at radius 3 is 2.84 bits per heavy atom. The Kier molecular flexibility index (Phi) is 5.70. The summed E-state index contributed by atoms with van der Waals surface area (Å²) in [6, 6.07) is 9.97. The maximum Gasteiger partial charge on any atom is 0.138 e. The van der Waals surface area contributed by atoms with Crippen molar-refractivity contribution in [3.05, 3.63) is 49.6 Å². The van der Waals surface area contributed by atoms with E-state index in [2.05, 4.69) is 34.2 Å². The SMILES string of the molecule is CCNCc1cccc(Br)c1OCc1ccc(Cl)s1. The third-order valence-corrected chi connectivity index (χ3v) is 4.43. The minimum absolute atomic E-state index is 0.541. The standard InChI is InChI=1S/C14H15BrClNOS/c1-2-17-8-10-4-3-5-12(15)14(10)18-9-11-6-7-13(16)19-11/h3-7,17H,2,8-9H2,1H3. The van der Waals surface area contributed by atoms with Crippen LogP contribution in [0.3, 0.4) is 0 Å². The Morgan fingerprint density at radius 1 is 1.32 bits per heavy atom. The summed E-state index contributed by atoms with van der Waals surface area (Å²) in [5.74, 6) is 0.896. The molecule has 0 bridgehead atoms. The van der Waals surface area contributed by atoms with Crippen LogP contribution in [-0.2, 0) is 13.2 Å². The molecule has 2 nitrogen and oxygen atoms in total. The highest BCUT2D eigenvalue weighted by Crippen LogP contribution is 2.31. The van der Waals surface area contributed by atoms with Gasteiger partial charge in [-0.15, -0.1) is 11.3 Å². The zero-order valence-corrected chi connectivity index (χ0v) is 13.7. The number of para-hydroxylation sites is 1. The zero-order valence-electron chi connectivity index (χ0n) is 10.6. The predicted molar refractivity (Wildman–Crippen MR) is 85.2 cm³/mol. The Labute approximate surface area is 130 Å². The highest BCUT2D eigenvalue weighted by atomic mass is 79.9. The van der Waals surface area contributed by atoms with E-state index in [0.29, 0.717) is 6.61 Å². The van der Waals surface area contributed by atoms with Gasteiger partial charge in [0, 0.05) is 17.0 Å². The van der Waals surface area contributed by atoms with Crippen LogP contribution in [0.4, 0.5) is 0 Å². The lowest BCUT2D eigenvalue weighted by Gasteiger charge is -2.13. The van der Waals surface area contributed by atoms with Crippen LogP contribution in [0.2, 0.25) is 4.34 Å². The monoisotopic (exact) mass is 359 g/mol. The highest BCUT2D eigenvalue weighted by Gasteiger charge is 2.08. The van der Waals surface area contributed by atoms with Gasteiger partial charge in [0.25, 0.3) is 0 Å². The highest BCUT2D eigenvalue weighted by molar-refractivity contribution is 9.10. The molecular weight excluding hydrogens is 346 g/mol. The minimum Gasteiger partial charge on any atom is -0.487 e. The molecule has 102 valence electrons. The molecule has 0 amide bonds. The van der Waals surface area contributed by atoms with Gasteiger partial charge in [-0.3, -0.25) is 0 Å². The molecule has 0 saturated heterocycles. The molecule has 1 heterocycles. The van der Waals surface area contributed by atoms with Crippen LogP contribution in [-0.4, -0.2) is 6.54 Å². The fourth-order valence-corrected chi connectivity index (χ4v) is 3.21. The van der Waals surface area contributed by atoms with Gasteiger partial charge >= 0.3 is 0 Å². The van der Waals surface area contributed by atoms with E-state index in [9.17, 15) is 0 Å². The van der Waals surface area contributed by atoms with E-state index in [4.69, 9.17) is 16.3 Å². The summed E-state index contributed by atoms with van der Waals surface area (Å²) in [4.78, 5) is 1.12. The molecule has 0 atom stereocenters. The normalized spacial score (nSPS) is 10.7. The second-order valence-corrected chi connectivity index (χ2v) is 6.66. The van der Waals surface area contributed by atoms with Crippen LogP contribution in [0.25, 0.3) is 0 Å². The fraction of sp³-hybridized carbons (Fsp3) is 0.286. The summed E-state index contributed by atoms with van der Waals surface area (Å²) in [7, 11) is 0. The van der Waals surface area contributed by atoms with Crippen LogP contribution in [0.5, 0.6) is 5.75 Å². The molecule has 5 heteroatoms. The maximum atomic E-state index is 5.93. The number of rotatable bonds is 6. The Hall–Kier alpha value is -0.550. The molecule has 0 aliphatic heterocycles. The number of halogens is 2. The van der Waals surface area contributed by atoms with E-state index in [0.717, 1.165) is 38.1 Å². The molecular formula is C14H15BrClNOS. The molecule has 0 saturated carbocycles. The van der Waals surface area contributed by atoms with Gasteiger partial charge < -0.3 is 10.1 Å². The van der Waals surface area contributed by atoms with Gasteiger partial charge in [0.1, 0.15) is 12.4 Å². The second kappa shape index (κ2) is 7.29. The van der Waals surface area contributed by atoms with E-state index in [1.54, 1.807) is 11.3 Å². The zero-order chi connectivity index (χ0) is 13.7. The molecule has 0 aliphatic carbocycles.